The highest BCUT2D eigenvalue weighted by Gasteiger charge is 2.04. The Morgan fingerprint density at radius 3 is 0.562 bits per heavy atom. The summed E-state index contributed by atoms with van der Waals surface area (Å²) in [6.45, 7) is 8.19. The van der Waals surface area contributed by atoms with Gasteiger partial charge in [0.2, 0.25) is 0 Å². The van der Waals surface area contributed by atoms with E-state index in [1.54, 1.807) is 0 Å². The molecule has 0 spiro atoms. The van der Waals surface area contributed by atoms with Crippen LogP contribution in [0.25, 0.3) is 0 Å². The third-order valence-corrected chi connectivity index (χ3v) is 11.1. The maximum atomic E-state index is 9.53. The summed E-state index contributed by atoms with van der Waals surface area (Å²) < 4.78 is 0. The molecule has 0 aromatic heterocycles. The number of rotatable bonds is 44. The third-order valence-electron chi connectivity index (χ3n) is 11.1. The van der Waals surface area contributed by atoms with Gasteiger partial charge in [-0.3, -0.25) is 0 Å². The molecular formula is C46H95NO. The van der Waals surface area contributed by atoms with Gasteiger partial charge < -0.3 is 10.0 Å². The number of aliphatic hydroxyl groups excluding tert-OH is 1. The average Bonchev–Trinajstić information content (AvgIpc) is 3.09. The SMILES string of the molecule is CCCCCCCCCCCCCCCCCCCCCCN(CCO)CCCCCCCCCCCCCCCCCCCCCC. The molecule has 0 bridgehead atoms. The normalized spacial score (nSPS) is 11.8. The Bertz CT molecular complexity index is 492. The highest BCUT2D eigenvalue weighted by atomic mass is 16.3. The molecule has 0 aliphatic rings. The second kappa shape index (κ2) is 44.9. The average molecular weight is 678 g/mol. The van der Waals surface area contributed by atoms with Gasteiger partial charge in [-0.2, -0.15) is 0 Å². The lowest BCUT2D eigenvalue weighted by atomic mass is 10.0. The first kappa shape index (κ1) is 47.9. The molecular weight excluding hydrogens is 583 g/mol. The topological polar surface area (TPSA) is 23.5 Å². The minimum Gasteiger partial charge on any atom is -0.395 e. The van der Waals surface area contributed by atoms with Crippen molar-refractivity contribution < 1.29 is 5.11 Å². The number of hydrogen-bond acceptors (Lipinski definition) is 2. The zero-order valence-corrected chi connectivity index (χ0v) is 34.0. The van der Waals surface area contributed by atoms with Crippen molar-refractivity contribution in [3.63, 3.8) is 0 Å². The molecule has 2 heteroatoms. The zero-order chi connectivity index (χ0) is 34.7. The van der Waals surface area contributed by atoms with Crippen LogP contribution in [0.15, 0.2) is 0 Å². The number of nitrogens with zero attached hydrogens (tertiary/aromatic N) is 1. The fourth-order valence-corrected chi connectivity index (χ4v) is 7.66. The number of aliphatic hydroxyl groups is 1. The minimum atomic E-state index is 0.318. The van der Waals surface area contributed by atoms with E-state index in [-0.39, 0.29) is 0 Å². The van der Waals surface area contributed by atoms with Crippen LogP contribution in [-0.2, 0) is 0 Å². The maximum Gasteiger partial charge on any atom is 0.0558 e. The van der Waals surface area contributed by atoms with Crippen molar-refractivity contribution in [1.29, 1.82) is 0 Å². The molecule has 0 aliphatic heterocycles. The number of unbranched alkanes of at least 4 members (excludes halogenated alkanes) is 38. The van der Waals surface area contributed by atoms with Crippen molar-refractivity contribution in [2.24, 2.45) is 0 Å². The lowest BCUT2D eigenvalue weighted by Gasteiger charge is -2.21. The van der Waals surface area contributed by atoms with E-state index in [2.05, 4.69) is 18.7 Å². The molecule has 290 valence electrons. The summed E-state index contributed by atoms with van der Waals surface area (Å²) in [7, 11) is 0. The molecule has 0 saturated carbocycles. The first-order valence-electron chi connectivity index (χ1n) is 23.2. The van der Waals surface area contributed by atoms with Crippen molar-refractivity contribution in [3.8, 4) is 0 Å². The third kappa shape index (κ3) is 42.1. The van der Waals surface area contributed by atoms with Gasteiger partial charge in [-0.1, -0.05) is 258 Å². The monoisotopic (exact) mass is 678 g/mol. The quantitative estimate of drug-likeness (QED) is 0.0649. The summed E-state index contributed by atoms with van der Waals surface area (Å²) in [6, 6.07) is 0. The predicted molar refractivity (Wildman–Crippen MR) is 220 cm³/mol. The molecule has 0 heterocycles. The molecule has 0 aliphatic carbocycles. The lowest BCUT2D eigenvalue weighted by molar-refractivity contribution is 0.190. The Hall–Kier alpha value is -0.0800. The molecule has 0 aromatic rings. The van der Waals surface area contributed by atoms with E-state index in [0.29, 0.717) is 6.61 Å². The maximum absolute atomic E-state index is 9.53. The van der Waals surface area contributed by atoms with Crippen LogP contribution in [0.4, 0.5) is 0 Å². The van der Waals surface area contributed by atoms with Crippen LogP contribution >= 0.6 is 0 Å². The molecule has 0 amide bonds. The van der Waals surface area contributed by atoms with Crippen LogP contribution < -0.4 is 0 Å². The van der Waals surface area contributed by atoms with Gasteiger partial charge in [-0.15, -0.1) is 0 Å². The largest absolute Gasteiger partial charge is 0.395 e. The van der Waals surface area contributed by atoms with Gasteiger partial charge in [0, 0.05) is 6.54 Å². The van der Waals surface area contributed by atoms with Gasteiger partial charge in [0.05, 0.1) is 6.61 Å². The highest BCUT2D eigenvalue weighted by Crippen LogP contribution is 2.17. The zero-order valence-electron chi connectivity index (χ0n) is 34.0. The van der Waals surface area contributed by atoms with E-state index >= 15 is 0 Å². The summed E-state index contributed by atoms with van der Waals surface area (Å²) >= 11 is 0. The standard InChI is InChI=1S/C46H95NO/c1-3-5-7-9-11-13-15-17-19-21-23-25-27-29-31-33-35-37-39-41-43-47(45-46-48)44-42-40-38-36-34-32-30-28-26-24-22-20-18-16-14-12-10-8-6-4-2/h48H,3-46H2,1-2H3. The highest BCUT2D eigenvalue weighted by molar-refractivity contribution is 4.60. The molecule has 0 aromatic carbocycles. The van der Waals surface area contributed by atoms with Crippen LogP contribution in [0.5, 0.6) is 0 Å². The fourth-order valence-electron chi connectivity index (χ4n) is 7.66. The van der Waals surface area contributed by atoms with Crippen molar-refractivity contribution >= 4 is 0 Å². The van der Waals surface area contributed by atoms with Crippen LogP contribution in [0.2, 0.25) is 0 Å². The lowest BCUT2D eigenvalue weighted by Crippen LogP contribution is -2.29. The van der Waals surface area contributed by atoms with E-state index in [4.69, 9.17) is 0 Å². The molecule has 0 unspecified atom stereocenters. The first-order valence-corrected chi connectivity index (χ1v) is 23.2. The summed E-state index contributed by atoms with van der Waals surface area (Å²) in [4.78, 5) is 2.53. The Balaban J connectivity index is 3.32. The van der Waals surface area contributed by atoms with Crippen molar-refractivity contribution in [2.45, 2.75) is 271 Å². The Labute approximate surface area is 306 Å². The molecule has 0 saturated heterocycles. The van der Waals surface area contributed by atoms with Gasteiger partial charge in [0.25, 0.3) is 0 Å². The molecule has 0 rings (SSSR count). The van der Waals surface area contributed by atoms with E-state index in [0.717, 1.165) is 6.54 Å². The van der Waals surface area contributed by atoms with Gasteiger partial charge in [-0.05, 0) is 25.9 Å². The van der Waals surface area contributed by atoms with Gasteiger partial charge in [0.15, 0.2) is 0 Å². The summed E-state index contributed by atoms with van der Waals surface area (Å²) in [5, 5.41) is 9.53. The fraction of sp³-hybridized carbons (Fsp3) is 1.00. The van der Waals surface area contributed by atoms with Crippen LogP contribution in [0, 0.1) is 0 Å². The van der Waals surface area contributed by atoms with Crippen LogP contribution in [-0.4, -0.2) is 36.2 Å². The van der Waals surface area contributed by atoms with Crippen molar-refractivity contribution in [1.82, 2.24) is 4.90 Å². The second-order valence-electron chi connectivity index (χ2n) is 16.0. The van der Waals surface area contributed by atoms with Crippen molar-refractivity contribution in [3.05, 3.63) is 0 Å². The Morgan fingerprint density at radius 2 is 0.396 bits per heavy atom. The van der Waals surface area contributed by atoms with Gasteiger partial charge in [0.1, 0.15) is 0 Å². The Morgan fingerprint density at radius 1 is 0.229 bits per heavy atom. The smallest absolute Gasteiger partial charge is 0.0558 e. The van der Waals surface area contributed by atoms with E-state index < -0.39 is 0 Å². The second-order valence-corrected chi connectivity index (χ2v) is 16.0. The summed E-state index contributed by atoms with van der Waals surface area (Å²) in [5.41, 5.74) is 0. The predicted octanol–water partition coefficient (Wildman–Crippen LogP) is 15.9. The number of hydrogen-bond donors (Lipinski definition) is 1. The van der Waals surface area contributed by atoms with E-state index in [1.807, 2.05) is 0 Å². The summed E-state index contributed by atoms with van der Waals surface area (Å²) in [5.74, 6) is 0. The molecule has 1 N–H and O–H groups in total. The van der Waals surface area contributed by atoms with Gasteiger partial charge in [-0.25, -0.2) is 0 Å². The van der Waals surface area contributed by atoms with E-state index in [1.165, 1.54) is 270 Å². The molecule has 0 atom stereocenters. The minimum absolute atomic E-state index is 0.318. The molecule has 0 fully saturated rings. The van der Waals surface area contributed by atoms with Crippen LogP contribution in [0.3, 0.4) is 0 Å². The molecule has 48 heavy (non-hydrogen) atoms. The molecule has 0 radical (unpaired) electrons. The van der Waals surface area contributed by atoms with Gasteiger partial charge >= 0.3 is 0 Å². The van der Waals surface area contributed by atoms with Crippen molar-refractivity contribution in [2.75, 3.05) is 26.2 Å². The van der Waals surface area contributed by atoms with E-state index in [9.17, 15) is 5.11 Å². The van der Waals surface area contributed by atoms with Crippen LogP contribution in [0.1, 0.15) is 271 Å². The summed E-state index contributed by atoms with van der Waals surface area (Å²) in [6.07, 6.45) is 57.8. The Kier molecular flexibility index (Phi) is 44.9. The first-order chi connectivity index (χ1) is 23.8. The molecule has 2 nitrogen and oxygen atoms in total.